The van der Waals surface area contributed by atoms with Crippen LogP contribution in [-0.2, 0) is 4.79 Å². The Kier molecular flexibility index (Phi) is 4.65. The van der Waals surface area contributed by atoms with Crippen molar-refractivity contribution in [3.63, 3.8) is 0 Å². The fourth-order valence-electron chi connectivity index (χ4n) is 3.99. The lowest BCUT2D eigenvalue weighted by atomic mass is 9.70. The van der Waals surface area contributed by atoms with Crippen LogP contribution < -0.4 is 5.32 Å². The van der Waals surface area contributed by atoms with E-state index in [1.807, 2.05) is 48.5 Å². The van der Waals surface area contributed by atoms with Gasteiger partial charge in [-0.3, -0.25) is 4.79 Å². The van der Waals surface area contributed by atoms with Crippen LogP contribution in [0.4, 0.5) is 0 Å². The molecule has 0 saturated carbocycles. The predicted octanol–water partition coefficient (Wildman–Crippen LogP) is 6.36. The molecule has 4 rings (SSSR count). The van der Waals surface area contributed by atoms with Gasteiger partial charge in [0, 0.05) is 39.4 Å². The summed E-state index contributed by atoms with van der Waals surface area (Å²) < 4.78 is 0. The van der Waals surface area contributed by atoms with Crippen molar-refractivity contribution in [3.05, 3.63) is 87.0 Å². The van der Waals surface area contributed by atoms with Crippen molar-refractivity contribution < 1.29 is 4.79 Å². The number of benzene rings is 2. The van der Waals surface area contributed by atoms with Gasteiger partial charge in [0.05, 0.1) is 0 Å². The molecular weight excluding hydrogens is 377 g/mol. The van der Waals surface area contributed by atoms with Crippen molar-refractivity contribution in [2.24, 2.45) is 5.41 Å². The van der Waals surface area contributed by atoms with E-state index in [1.165, 1.54) is 0 Å². The van der Waals surface area contributed by atoms with E-state index in [0.29, 0.717) is 16.5 Å². The molecule has 0 spiro atoms. The number of Topliss-reactive ketones (excluding diaryl/α,β-unsaturated/α-hetero) is 1. The fourth-order valence-corrected chi connectivity index (χ4v) is 4.24. The van der Waals surface area contributed by atoms with Crippen molar-refractivity contribution in [1.29, 1.82) is 0 Å². The second-order valence-corrected chi connectivity index (χ2v) is 8.95. The first-order valence-corrected chi connectivity index (χ1v) is 9.84. The first-order valence-electron chi connectivity index (χ1n) is 9.09. The Bertz CT molecular complexity index is 953. The SMILES string of the molecule is CC1(C)CC(=O)C2=C(C1)NC(c1ccc(Cl)cc1)=CC2c1ccc(Cl)cc1. The van der Waals surface area contributed by atoms with Gasteiger partial charge in [0.25, 0.3) is 0 Å². The second-order valence-electron chi connectivity index (χ2n) is 8.07. The molecule has 0 radical (unpaired) electrons. The molecule has 1 aliphatic carbocycles. The molecule has 138 valence electrons. The number of carbonyl (C=O) groups excluding carboxylic acids is 1. The molecule has 1 N–H and O–H groups in total. The van der Waals surface area contributed by atoms with Crippen LogP contribution in [0.15, 0.2) is 65.9 Å². The Labute approximate surface area is 169 Å². The van der Waals surface area contributed by atoms with Gasteiger partial charge in [0.1, 0.15) is 0 Å². The third-order valence-corrected chi connectivity index (χ3v) is 5.74. The Morgan fingerprint density at radius 1 is 0.926 bits per heavy atom. The molecule has 27 heavy (non-hydrogen) atoms. The quantitative estimate of drug-likeness (QED) is 0.637. The number of allylic oxidation sites excluding steroid dienone is 3. The average Bonchev–Trinajstić information content (AvgIpc) is 2.61. The molecule has 4 heteroatoms. The summed E-state index contributed by atoms with van der Waals surface area (Å²) >= 11 is 12.1. The molecule has 2 aromatic rings. The number of halogens is 2. The van der Waals surface area contributed by atoms with Crippen LogP contribution in [0.2, 0.25) is 10.0 Å². The maximum absolute atomic E-state index is 13.0. The van der Waals surface area contributed by atoms with Crippen molar-refractivity contribution >= 4 is 34.7 Å². The molecule has 2 aromatic carbocycles. The van der Waals surface area contributed by atoms with E-state index in [1.54, 1.807) is 0 Å². The summed E-state index contributed by atoms with van der Waals surface area (Å²) in [5.41, 5.74) is 5.01. The predicted molar refractivity (Wildman–Crippen MR) is 112 cm³/mol. The van der Waals surface area contributed by atoms with Gasteiger partial charge in [-0.1, -0.05) is 61.3 Å². The van der Waals surface area contributed by atoms with Crippen molar-refractivity contribution in [3.8, 4) is 0 Å². The van der Waals surface area contributed by atoms with E-state index in [2.05, 4.69) is 25.2 Å². The zero-order valence-corrected chi connectivity index (χ0v) is 16.9. The summed E-state index contributed by atoms with van der Waals surface area (Å²) in [6, 6.07) is 15.5. The van der Waals surface area contributed by atoms with Crippen LogP contribution in [0.25, 0.3) is 5.70 Å². The molecule has 0 aromatic heterocycles. The largest absolute Gasteiger partial charge is 0.358 e. The van der Waals surface area contributed by atoms with Gasteiger partial charge >= 0.3 is 0 Å². The van der Waals surface area contributed by atoms with Gasteiger partial charge in [-0.05, 0) is 53.3 Å². The summed E-state index contributed by atoms with van der Waals surface area (Å²) in [5.74, 6) is 0.146. The fraction of sp³-hybridized carbons (Fsp3) is 0.261. The van der Waals surface area contributed by atoms with Crippen LogP contribution in [0.1, 0.15) is 43.7 Å². The first-order chi connectivity index (χ1) is 12.8. The molecule has 1 unspecified atom stereocenters. The minimum atomic E-state index is -0.0761. The normalized spacial score (nSPS) is 21.4. The van der Waals surface area contributed by atoms with E-state index in [0.717, 1.165) is 34.5 Å². The Morgan fingerprint density at radius 2 is 1.52 bits per heavy atom. The Hall–Kier alpha value is -2.03. The lowest BCUT2D eigenvalue weighted by Gasteiger charge is -2.38. The van der Waals surface area contributed by atoms with Crippen LogP contribution >= 0.6 is 23.2 Å². The smallest absolute Gasteiger partial charge is 0.162 e. The second kappa shape index (κ2) is 6.85. The summed E-state index contributed by atoms with van der Waals surface area (Å²) in [6.45, 7) is 4.29. The third-order valence-electron chi connectivity index (χ3n) is 5.23. The summed E-state index contributed by atoms with van der Waals surface area (Å²) in [7, 11) is 0. The lowest BCUT2D eigenvalue weighted by molar-refractivity contribution is -0.118. The van der Waals surface area contributed by atoms with Gasteiger partial charge in [-0.2, -0.15) is 0 Å². The van der Waals surface area contributed by atoms with Crippen molar-refractivity contribution in [1.82, 2.24) is 5.32 Å². The van der Waals surface area contributed by atoms with E-state index >= 15 is 0 Å². The molecule has 2 nitrogen and oxygen atoms in total. The Balaban J connectivity index is 1.83. The van der Waals surface area contributed by atoms with Crippen LogP contribution in [-0.4, -0.2) is 5.78 Å². The highest BCUT2D eigenvalue weighted by Crippen LogP contribution is 2.45. The number of dihydropyridines is 1. The highest BCUT2D eigenvalue weighted by atomic mass is 35.5. The summed E-state index contributed by atoms with van der Waals surface area (Å²) in [5, 5.41) is 4.94. The highest BCUT2D eigenvalue weighted by Gasteiger charge is 2.38. The molecule has 0 bridgehead atoms. The number of nitrogens with one attached hydrogen (secondary N) is 1. The summed E-state index contributed by atoms with van der Waals surface area (Å²) in [6.07, 6.45) is 3.56. The van der Waals surface area contributed by atoms with Gasteiger partial charge in [0.2, 0.25) is 0 Å². The van der Waals surface area contributed by atoms with Gasteiger partial charge in [-0.15, -0.1) is 0 Å². The number of hydrogen-bond donors (Lipinski definition) is 1. The topological polar surface area (TPSA) is 29.1 Å². The monoisotopic (exact) mass is 397 g/mol. The number of carbonyl (C=O) groups is 1. The minimum absolute atomic E-state index is 0.0457. The van der Waals surface area contributed by atoms with Gasteiger partial charge < -0.3 is 5.32 Å². The van der Waals surface area contributed by atoms with E-state index in [-0.39, 0.29) is 17.1 Å². The number of rotatable bonds is 2. The average molecular weight is 398 g/mol. The van der Waals surface area contributed by atoms with Crippen molar-refractivity contribution in [2.45, 2.75) is 32.6 Å². The zero-order chi connectivity index (χ0) is 19.2. The van der Waals surface area contributed by atoms with E-state index < -0.39 is 0 Å². The molecule has 1 aliphatic heterocycles. The molecule has 1 atom stereocenters. The first kappa shape index (κ1) is 18.3. The maximum atomic E-state index is 13.0. The number of ketones is 1. The van der Waals surface area contributed by atoms with Gasteiger partial charge in [-0.25, -0.2) is 0 Å². The molecule has 1 heterocycles. The zero-order valence-electron chi connectivity index (χ0n) is 15.4. The number of hydrogen-bond acceptors (Lipinski definition) is 2. The van der Waals surface area contributed by atoms with E-state index in [9.17, 15) is 4.79 Å². The van der Waals surface area contributed by atoms with Crippen LogP contribution in [0.5, 0.6) is 0 Å². The molecule has 0 fully saturated rings. The molecule has 0 amide bonds. The highest BCUT2D eigenvalue weighted by molar-refractivity contribution is 6.30. The van der Waals surface area contributed by atoms with E-state index in [4.69, 9.17) is 23.2 Å². The standard InChI is InChI=1S/C23H21Cl2NO/c1-23(2)12-20-22(21(27)13-23)18(14-3-7-16(24)8-4-14)11-19(26-20)15-5-9-17(25)10-6-15/h3-11,18,26H,12-13H2,1-2H3. The van der Waals surface area contributed by atoms with Gasteiger partial charge in [0.15, 0.2) is 5.78 Å². The third kappa shape index (κ3) is 3.69. The molecular formula is C23H21Cl2NO. The summed E-state index contributed by atoms with van der Waals surface area (Å²) in [4.78, 5) is 13.0. The molecule has 2 aliphatic rings. The Morgan fingerprint density at radius 3 is 2.15 bits per heavy atom. The lowest BCUT2D eigenvalue weighted by Crippen LogP contribution is -2.35. The van der Waals surface area contributed by atoms with Crippen molar-refractivity contribution in [2.75, 3.05) is 0 Å². The van der Waals surface area contributed by atoms with Crippen LogP contribution in [0.3, 0.4) is 0 Å². The minimum Gasteiger partial charge on any atom is -0.358 e. The van der Waals surface area contributed by atoms with Crippen LogP contribution in [0, 0.1) is 5.41 Å². The molecule has 0 saturated heterocycles. The maximum Gasteiger partial charge on any atom is 0.162 e.